The molecule has 0 amide bonds. The number of aryl methyl sites for hydroxylation is 1. The minimum absolute atomic E-state index is 0.506. The van der Waals surface area contributed by atoms with Crippen LogP contribution in [-0.4, -0.2) is 0 Å². The van der Waals surface area contributed by atoms with Crippen molar-refractivity contribution in [2.75, 3.05) is 0 Å². The Bertz CT molecular complexity index is 579. The highest BCUT2D eigenvalue weighted by Crippen LogP contribution is 2.42. The summed E-state index contributed by atoms with van der Waals surface area (Å²) in [6.07, 6.45) is 8.39. The molecule has 1 heteroatoms. The molecule has 0 aromatic heterocycles. The predicted molar refractivity (Wildman–Crippen MR) is 91.5 cm³/mol. The minimum atomic E-state index is 0.506. The molecule has 0 saturated heterocycles. The fourth-order valence-corrected chi connectivity index (χ4v) is 4.50. The number of fused-ring (bicyclic) bond motifs is 1. The van der Waals surface area contributed by atoms with Crippen LogP contribution in [0.4, 0.5) is 0 Å². The quantitative estimate of drug-likeness (QED) is 0.432. The fraction of sp³-hybridized carbons (Fsp3) is 0.474. The van der Waals surface area contributed by atoms with Crippen molar-refractivity contribution in [3.63, 3.8) is 0 Å². The Kier molecular flexibility index (Phi) is 4.45. The van der Waals surface area contributed by atoms with Crippen LogP contribution >= 0.6 is 15.9 Å². The van der Waals surface area contributed by atoms with Crippen LogP contribution in [0.3, 0.4) is 0 Å². The van der Waals surface area contributed by atoms with Crippen molar-refractivity contribution in [3.05, 3.63) is 47.5 Å². The molecule has 0 nitrogen and oxygen atoms in total. The molecule has 106 valence electrons. The first-order valence-electron chi connectivity index (χ1n) is 7.89. The number of benzene rings is 2. The van der Waals surface area contributed by atoms with Gasteiger partial charge in [0.15, 0.2) is 0 Å². The highest BCUT2D eigenvalue weighted by atomic mass is 79.9. The van der Waals surface area contributed by atoms with Crippen molar-refractivity contribution >= 4 is 26.7 Å². The molecule has 20 heavy (non-hydrogen) atoms. The summed E-state index contributed by atoms with van der Waals surface area (Å²) in [4.78, 5) is 0.506. The zero-order valence-corrected chi connectivity index (χ0v) is 13.8. The molecule has 0 radical (unpaired) electrons. The van der Waals surface area contributed by atoms with Crippen molar-refractivity contribution in [3.8, 4) is 0 Å². The summed E-state index contributed by atoms with van der Waals surface area (Å²) in [6.45, 7) is 2.21. The first-order chi connectivity index (χ1) is 9.77. The van der Waals surface area contributed by atoms with E-state index in [1.807, 2.05) is 0 Å². The maximum absolute atomic E-state index is 4.03. The normalized spacial score (nSPS) is 18.9. The molecule has 2 aromatic rings. The van der Waals surface area contributed by atoms with Gasteiger partial charge in [-0.2, -0.15) is 0 Å². The number of hydrogen-bond donors (Lipinski definition) is 0. The van der Waals surface area contributed by atoms with Gasteiger partial charge in [0.1, 0.15) is 0 Å². The van der Waals surface area contributed by atoms with E-state index in [2.05, 4.69) is 59.3 Å². The summed E-state index contributed by atoms with van der Waals surface area (Å²) in [5, 5.41) is 2.83. The lowest BCUT2D eigenvalue weighted by atomic mass is 9.89. The van der Waals surface area contributed by atoms with Gasteiger partial charge in [-0.25, -0.2) is 0 Å². The van der Waals surface area contributed by atoms with Crippen LogP contribution in [0.1, 0.15) is 54.5 Å². The van der Waals surface area contributed by atoms with E-state index in [-0.39, 0.29) is 0 Å². The second-order valence-electron chi connectivity index (χ2n) is 6.17. The van der Waals surface area contributed by atoms with Crippen LogP contribution in [0.5, 0.6) is 0 Å². The standard InChI is InChI=1S/C19H23Br/c1-14-12-13-18(17-11-7-6-10-16(14)17)19(20)15-8-4-2-3-5-9-15/h6-7,10-13,15,19H,2-5,8-9H2,1H3. The first kappa shape index (κ1) is 14.1. The van der Waals surface area contributed by atoms with Gasteiger partial charge in [-0.1, -0.05) is 78.0 Å². The SMILES string of the molecule is Cc1ccc(C(Br)C2CCCCCC2)c2ccccc12. The van der Waals surface area contributed by atoms with Gasteiger partial charge in [-0.15, -0.1) is 0 Å². The molecule has 1 aliphatic rings. The molecule has 3 rings (SSSR count). The van der Waals surface area contributed by atoms with Crippen molar-refractivity contribution in [1.29, 1.82) is 0 Å². The summed E-state index contributed by atoms with van der Waals surface area (Å²) in [5.41, 5.74) is 2.86. The third-order valence-electron chi connectivity index (χ3n) is 4.79. The van der Waals surface area contributed by atoms with Gasteiger partial charge in [-0.3, -0.25) is 0 Å². The Morgan fingerprint density at radius 2 is 1.55 bits per heavy atom. The molecular weight excluding hydrogens is 308 g/mol. The molecule has 1 unspecified atom stereocenters. The number of rotatable bonds is 2. The van der Waals surface area contributed by atoms with Crippen LogP contribution < -0.4 is 0 Å². The molecular formula is C19H23Br. The highest BCUT2D eigenvalue weighted by molar-refractivity contribution is 9.09. The lowest BCUT2D eigenvalue weighted by Crippen LogP contribution is -2.07. The largest absolute Gasteiger partial charge is 0.0836 e. The van der Waals surface area contributed by atoms with Crippen LogP contribution in [0.15, 0.2) is 36.4 Å². The topological polar surface area (TPSA) is 0 Å². The number of alkyl halides is 1. The molecule has 0 N–H and O–H groups in total. The number of halogens is 1. The van der Waals surface area contributed by atoms with Crippen molar-refractivity contribution in [1.82, 2.24) is 0 Å². The molecule has 2 aromatic carbocycles. The van der Waals surface area contributed by atoms with E-state index in [9.17, 15) is 0 Å². The number of hydrogen-bond acceptors (Lipinski definition) is 0. The van der Waals surface area contributed by atoms with E-state index in [0.717, 1.165) is 5.92 Å². The van der Waals surface area contributed by atoms with Gasteiger partial charge in [0.2, 0.25) is 0 Å². The first-order valence-corrected chi connectivity index (χ1v) is 8.81. The summed E-state index contributed by atoms with van der Waals surface area (Å²) in [5.74, 6) is 0.795. The Balaban J connectivity index is 1.98. The highest BCUT2D eigenvalue weighted by Gasteiger charge is 2.23. The monoisotopic (exact) mass is 330 g/mol. The molecule has 0 spiro atoms. The Hall–Kier alpha value is -0.820. The van der Waals surface area contributed by atoms with E-state index in [4.69, 9.17) is 0 Å². The Labute approximate surface area is 130 Å². The van der Waals surface area contributed by atoms with Gasteiger partial charge in [0, 0.05) is 4.83 Å². The zero-order chi connectivity index (χ0) is 13.9. The smallest absolute Gasteiger partial charge is 0.0429 e. The third kappa shape index (κ3) is 2.79. The second-order valence-corrected chi connectivity index (χ2v) is 7.16. The molecule has 1 atom stereocenters. The van der Waals surface area contributed by atoms with E-state index in [0.29, 0.717) is 4.83 Å². The maximum Gasteiger partial charge on any atom is 0.0429 e. The van der Waals surface area contributed by atoms with Gasteiger partial charge in [0.05, 0.1) is 0 Å². The van der Waals surface area contributed by atoms with Gasteiger partial charge >= 0.3 is 0 Å². The average molecular weight is 331 g/mol. The summed E-state index contributed by atoms with van der Waals surface area (Å²) < 4.78 is 0. The summed E-state index contributed by atoms with van der Waals surface area (Å²) in [6, 6.07) is 13.5. The Morgan fingerprint density at radius 1 is 0.900 bits per heavy atom. The minimum Gasteiger partial charge on any atom is -0.0836 e. The average Bonchev–Trinajstić information content (AvgIpc) is 2.76. The van der Waals surface area contributed by atoms with E-state index in [1.165, 1.54) is 60.4 Å². The van der Waals surface area contributed by atoms with Crippen LogP contribution in [0.25, 0.3) is 10.8 Å². The lowest BCUT2D eigenvalue weighted by molar-refractivity contribution is 0.456. The lowest BCUT2D eigenvalue weighted by Gasteiger charge is -2.23. The summed E-state index contributed by atoms with van der Waals surface area (Å²) >= 11 is 4.03. The molecule has 0 heterocycles. The fourth-order valence-electron chi connectivity index (χ4n) is 3.57. The van der Waals surface area contributed by atoms with E-state index >= 15 is 0 Å². The molecule has 0 bridgehead atoms. The van der Waals surface area contributed by atoms with Crippen molar-refractivity contribution in [2.24, 2.45) is 5.92 Å². The van der Waals surface area contributed by atoms with E-state index in [1.54, 1.807) is 0 Å². The zero-order valence-electron chi connectivity index (χ0n) is 12.2. The second kappa shape index (κ2) is 6.30. The molecule has 1 aliphatic carbocycles. The van der Waals surface area contributed by atoms with Gasteiger partial charge < -0.3 is 0 Å². The Morgan fingerprint density at radius 3 is 2.25 bits per heavy atom. The van der Waals surface area contributed by atoms with E-state index < -0.39 is 0 Å². The van der Waals surface area contributed by atoms with Crippen LogP contribution in [0, 0.1) is 12.8 Å². The van der Waals surface area contributed by atoms with Gasteiger partial charge in [0.25, 0.3) is 0 Å². The molecule has 1 fully saturated rings. The summed E-state index contributed by atoms with van der Waals surface area (Å²) in [7, 11) is 0. The van der Waals surface area contributed by atoms with Crippen LogP contribution in [0.2, 0.25) is 0 Å². The third-order valence-corrected chi connectivity index (χ3v) is 6.03. The van der Waals surface area contributed by atoms with Gasteiger partial charge in [-0.05, 0) is 47.6 Å². The molecule has 0 aliphatic heterocycles. The van der Waals surface area contributed by atoms with Crippen LogP contribution in [-0.2, 0) is 0 Å². The van der Waals surface area contributed by atoms with Crippen molar-refractivity contribution < 1.29 is 0 Å². The van der Waals surface area contributed by atoms with Crippen molar-refractivity contribution in [2.45, 2.75) is 50.3 Å². The maximum atomic E-state index is 4.03. The predicted octanol–water partition coefficient (Wildman–Crippen LogP) is 6.55. The molecule has 1 saturated carbocycles.